The standard InChI is InChI=1S/C17H17N3O/c1-11(2)21-13-7-5-6-12(10-13)16-17(18)20-15-9-4-3-8-14(15)19-16/h3-11H,1-2H3,(H2,18,20). The van der Waals surface area contributed by atoms with Gasteiger partial charge in [-0.15, -0.1) is 0 Å². The highest BCUT2D eigenvalue weighted by Gasteiger charge is 2.09. The molecule has 1 heterocycles. The Morgan fingerprint density at radius 2 is 1.67 bits per heavy atom. The van der Waals surface area contributed by atoms with Gasteiger partial charge in [0.15, 0.2) is 5.82 Å². The second kappa shape index (κ2) is 5.40. The summed E-state index contributed by atoms with van der Waals surface area (Å²) >= 11 is 0. The first-order chi connectivity index (χ1) is 10.1. The minimum absolute atomic E-state index is 0.125. The third kappa shape index (κ3) is 2.79. The van der Waals surface area contributed by atoms with Crippen molar-refractivity contribution in [3.63, 3.8) is 0 Å². The molecule has 106 valence electrons. The van der Waals surface area contributed by atoms with Crippen LogP contribution in [0.25, 0.3) is 22.3 Å². The highest BCUT2D eigenvalue weighted by molar-refractivity contribution is 5.82. The van der Waals surface area contributed by atoms with E-state index in [0.717, 1.165) is 22.3 Å². The molecule has 4 heteroatoms. The summed E-state index contributed by atoms with van der Waals surface area (Å²) in [5, 5.41) is 0. The van der Waals surface area contributed by atoms with Crippen molar-refractivity contribution < 1.29 is 4.74 Å². The van der Waals surface area contributed by atoms with E-state index in [4.69, 9.17) is 10.5 Å². The molecule has 0 saturated carbocycles. The average Bonchev–Trinajstić information content (AvgIpc) is 2.46. The Kier molecular flexibility index (Phi) is 3.44. The minimum atomic E-state index is 0.125. The van der Waals surface area contributed by atoms with E-state index in [9.17, 15) is 0 Å². The lowest BCUT2D eigenvalue weighted by atomic mass is 10.1. The van der Waals surface area contributed by atoms with Crippen LogP contribution in [-0.4, -0.2) is 16.1 Å². The van der Waals surface area contributed by atoms with E-state index < -0.39 is 0 Å². The number of benzene rings is 2. The molecule has 0 aliphatic carbocycles. The molecule has 0 radical (unpaired) electrons. The van der Waals surface area contributed by atoms with Crippen LogP contribution in [0.3, 0.4) is 0 Å². The van der Waals surface area contributed by atoms with Crippen LogP contribution in [0.15, 0.2) is 48.5 Å². The molecular formula is C17H17N3O. The highest BCUT2D eigenvalue weighted by Crippen LogP contribution is 2.28. The van der Waals surface area contributed by atoms with Crippen molar-refractivity contribution in [3.05, 3.63) is 48.5 Å². The third-order valence-corrected chi connectivity index (χ3v) is 3.08. The van der Waals surface area contributed by atoms with Gasteiger partial charge in [-0.2, -0.15) is 0 Å². The molecule has 0 aliphatic rings. The van der Waals surface area contributed by atoms with Crippen LogP contribution < -0.4 is 10.5 Å². The number of para-hydroxylation sites is 2. The van der Waals surface area contributed by atoms with Crippen LogP contribution in [0, 0.1) is 0 Å². The van der Waals surface area contributed by atoms with Crippen LogP contribution in [0.2, 0.25) is 0 Å². The number of rotatable bonds is 3. The number of hydrogen-bond acceptors (Lipinski definition) is 4. The zero-order valence-corrected chi connectivity index (χ0v) is 12.1. The zero-order valence-electron chi connectivity index (χ0n) is 12.1. The maximum Gasteiger partial charge on any atom is 0.150 e. The van der Waals surface area contributed by atoms with Crippen molar-refractivity contribution in [3.8, 4) is 17.0 Å². The maximum absolute atomic E-state index is 6.06. The summed E-state index contributed by atoms with van der Waals surface area (Å²) in [5.41, 5.74) is 9.28. The van der Waals surface area contributed by atoms with Gasteiger partial charge in [-0.25, -0.2) is 9.97 Å². The monoisotopic (exact) mass is 279 g/mol. The van der Waals surface area contributed by atoms with Gasteiger partial charge in [-0.3, -0.25) is 0 Å². The number of hydrogen-bond donors (Lipinski definition) is 1. The fourth-order valence-electron chi connectivity index (χ4n) is 2.21. The molecule has 3 aromatic rings. The topological polar surface area (TPSA) is 61.0 Å². The number of ether oxygens (including phenoxy) is 1. The fourth-order valence-corrected chi connectivity index (χ4v) is 2.21. The molecule has 21 heavy (non-hydrogen) atoms. The number of aromatic nitrogens is 2. The Balaban J connectivity index is 2.09. The molecule has 0 spiro atoms. The molecule has 0 unspecified atom stereocenters. The van der Waals surface area contributed by atoms with Crippen LogP contribution in [0.5, 0.6) is 5.75 Å². The molecule has 0 atom stereocenters. The van der Waals surface area contributed by atoms with Crippen molar-refractivity contribution in [1.82, 2.24) is 9.97 Å². The van der Waals surface area contributed by atoms with Crippen molar-refractivity contribution in [1.29, 1.82) is 0 Å². The number of nitrogens with two attached hydrogens (primary N) is 1. The SMILES string of the molecule is CC(C)Oc1cccc(-c2nc3ccccc3nc2N)c1. The van der Waals surface area contributed by atoms with Crippen LogP contribution >= 0.6 is 0 Å². The lowest BCUT2D eigenvalue weighted by Gasteiger charge is -2.11. The number of anilines is 1. The van der Waals surface area contributed by atoms with Crippen molar-refractivity contribution in [2.75, 3.05) is 5.73 Å². The van der Waals surface area contributed by atoms with Gasteiger partial charge >= 0.3 is 0 Å². The fraction of sp³-hybridized carbons (Fsp3) is 0.176. The molecular weight excluding hydrogens is 262 g/mol. The molecule has 3 rings (SSSR count). The van der Waals surface area contributed by atoms with Crippen LogP contribution in [0.4, 0.5) is 5.82 Å². The zero-order chi connectivity index (χ0) is 14.8. The smallest absolute Gasteiger partial charge is 0.150 e. The molecule has 0 fully saturated rings. The second-order valence-corrected chi connectivity index (χ2v) is 5.14. The normalized spacial score (nSPS) is 11.0. The van der Waals surface area contributed by atoms with Gasteiger partial charge < -0.3 is 10.5 Å². The summed E-state index contributed by atoms with van der Waals surface area (Å²) in [6.07, 6.45) is 0.125. The number of nitrogen functional groups attached to an aromatic ring is 1. The largest absolute Gasteiger partial charge is 0.491 e. The van der Waals surface area contributed by atoms with Gasteiger partial charge in [0.1, 0.15) is 11.4 Å². The van der Waals surface area contributed by atoms with E-state index in [1.54, 1.807) is 0 Å². The molecule has 0 saturated heterocycles. The van der Waals surface area contributed by atoms with Crippen molar-refractivity contribution in [2.24, 2.45) is 0 Å². The molecule has 1 aromatic heterocycles. The lowest BCUT2D eigenvalue weighted by Crippen LogP contribution is -2.05. The predicted octanol–water partition coefficient (Wildman–Crippen LogP) is 3.67. The summed E-state index contributed by atoms with van der Waals surface area (Å²) in [5.74, 6) is 1.23. The van der Waals surface area contributed by atoms with E-state index in [1.165, 1.54) is 0 Å². The maximum atomic E-state index is 6.06. The molecule has 2 N–H and O–H groups in total. The summed E-state index contributed by atoms with van der Waals surface area (Å²) in [6.45, 7) is 3.99. The Morgan fingerprint density at radius 3 is 2.38 bits per heavy atom. The summed E-state index contributed by atoms with van der Waals surface area (Å²) in [7, 11) is 0. The van der Waals surface area contributed by atoms with Gasteiger partial charge in [-0.1, -0.05) is 24.3 Å². The Bertz CT molecular complexity index is 784. The van der Waals surface area contributed by atoms with E-state index >= 15 is 0 Å². The molecule has 0 aliphatic heterocycles. The average molecular weight is 279 g/mol. The van der Waals surface area contributed by atoms with Gasteiger partial charge in [0, 0.05) is 5.56 Å². The van der Waals surface area contributed by atoms with Crippen LogP contribution in [-0.2, 0) is 0 Å². The van der Waals surface area contributed by atoms with Crippen molar-refractivity contribution in [2.45, 2.75) is 20.0 Å². The highest BCUT2D eigenvalue weighted by atomic mass is 16.5. The van der Waals surface area contributed by atoms with E-state index in [0.29, 0.717) is 11.5 Å². The van der Waals surface area contributed by atoms with E-state index in [1.807, 2.05) is 62.4 Å². The van der Waals surface area contributed by atoms with Crippen LogP contribution in [0.1, 0.15) is 13.8 Å². The Labute approximate surface area is 123 Å². The first kappa shape index (κ1) is 13.4. The summed E-state index contributed by atoms with van der Waals surface area (Å²) in [4.78, 5) is 9.04. The summed E-state index contributed by atoms with van der Waals surface area (Å²) < 4.78 is 5.71. The second-order valence-electron chi connectivity index (χ2n) is 5.14. The minimum Gasteiger partial charge on any atom is -0.491 e. The van der Waals surface area contributed by atoms with Gasteiger partial charge in [-0.05, 0) is 38.1 Å². The van der Waals surface area contributed by atoms with E-state index in [-0.39, 0.29) is 6.10 Å². The van der Waals surface area contributed by atoms with E-state index in [2.05, 4.69) is 9.97 Å². The Morgan fingerprint density at radius 1 is 0.952 bits per heavy atom. The number of fused-ring (bicyclic) bond motifs is 1. The number of nitrogens with zero attached hydrogens (tertiary/aromatic N) is 2. The molecule has 2 aromatic carbocycles. The first-order valence-electron chi connectivity index (χ1n) is 6.93. The quantitative estimate of drug-likeness (QED) is 0.794. The summed E-state index contributed by atoms with van der Waals surface area (Å²) in [6, 6.07) is 15.5. The molecule has 0 bridgehead atoms. The van der Waals surface area contributed by atoms with Gasteiger partial charge in [0.25, 0.3) is 0 Å². The van der Waals surface area contributed by atoms with Gasteiger partial charge in [0.05, 0.1) is 17.1 Å². The predicted molar refractivity (Wildman–Crippen MR) is 85.2 cm³/mol. The van der Waals surface area contributed by atoms with Gasteiger partial charge in [0.2, 0.25) is 0 Å². The first-order valence-corrected chi connectivity index (χ1v) is 6.93. The Hall–Kier alpha value is -2.62. The molecule has 0 amide bonds. The molecule has 4 nitrogen and oxygen atoms in total. The van der Waals surface area contributed by atoms with Crippen molar-refractivity contribution >= 4 is 16.9 Å². The lowest BCUT2D eigenvalue weighted by molar-refractivity contribution is 0.242. The third-order valence-electron chi connectivity index (χ3n) is 3.08.